The fraction of sp³-hybridized carbons (Fsp3) is 0.200. The van der Waals surface area contributed by atoms with Gasteiger partial charge in [0.25, 0.3) is 0 Å². The van der Waals surface area contributed by atoms with Gasteiger partial charge in [-0.1, -0.05) is 46.3 Å². The smallest absolute Gasteiger partial charge is 0.161 e. The number of halogens is 1. The molecule has 0 saturated heterocycles. The Morgan fingerprint density at radius 3 is 2.16 bits per heavy atom. The van der Waals surface area contributed by atoms with E-state index in [9.17, 15) is 5.11 Å². The Labute approximate surface area is 120 Å². The molecule has 4 heteroatoms. The third-order valence-electron chi connectivity index (χ3n) is 2.91. The molecule has 1 N–H and O–H groups in total. The van der Waals surface area contributed by atoms with E-state index >= 15 is 0 Å². The fourth-order valence-corrected chi connectivity index (χ4v) is 2.43. The predicted molar refractivity (Wildman–Crippen MR) is 77.7 cm³/mol. The molecule has 0 radical (unpaired) electrons. The predicted octanol–water partition coefficient (Wildman–Crippen LogP) is 3.55. The highest BCUT2D eigenvalue weighted by molar-refractivity contribution is 9.10. The summed E-state index contributed by atoms with van der Waals surface area (Å²) in [4.78, 5) is 0. The largest absolute Gasteiger partial charge is 0.493 e. The van der Waals surface area contributed by atoms with Crippen molar-refractivity contribution in [3.05, 3.63) is 58.1 Å². The Morgan fingerprint density at radius 2 is 1.58 bits per heavy atom. The van der Waals surface area contributed by atoms with E-state index in [1.54, 1.807) is 26.4 Å². The van der Waals surface area contributed by atoms with E-state index in [0.29, 0.717) is 11.5 Å². The van der Waals surface area contributed by atoms with Gasteiger partial charge in [0.15, 0.2) is 11.5 Å². The van der Waals surface area contributed by atoms with Crippen LogP contribution >= 0.6 is 15.9 Å². The molecule has 2 rings (SSSR count). The van der Waals surface area contributed by atoms with Crippen molar-refractivity contribution in [3.8, 4) is 11.5 Å². The number of rotatable bonds is 4. The molecule has 0 fully saturated rings. The van der Waals surface area contributed by atoms with Gasteiger partial charge >= 0.3 is 0 Å². The Hall–Kier alpha value is -1.52. The number of hydrogen-bond donors (Lipinski definition) is 1. The van der Waals surface area contributed by atoms with E-state index in [4.69, 9.17) is 9.47 Å². The van der Waals surface area contributed by atoms with Gasteiger partial charge in [-0.05, 0) is 17.7 Å². The maximum absolute atomic E-state index is 10.4. The SMILES string of the molecule is COc1cc(Br)c([C@H](O)c2ccccc2)cc1OC. The van der Waals surface area contributed by atoms with Gasteiger partial charge in [-0.15, -0.1) is 0 Å². The van der Waals surface area contributed by atoms with E-state index in [1.165, 1.54) is 0 Å². The molecule has 0 unspecified atom stereocenters. The summed E-state index contributed by atoms with van der Waals surface area (Å²) in [7, 11) is 3.15. The second kappa shape index (κ2) is 6.08. The molecule has 0 aliphatic rings. The van der Waals surface area contributed by atoms with E-state index in [2.05, 4.69) is 15.9 Å². The zero-order chi connectivity index (χ0) is 13.8. The molecule has 19 heavy (non-hydrogen) atoms. The zero-order valence-corrected chi connectivity index (χ0v) is 12.3. The van der Waals surface area contributed by atoms with Crippen LogP contribution in [0.2, 0.25) is 0 Å². The minimum atomic E-state index is -0.713. The molecular formula is C15H15BrO3. The first kappa shape index (κ1) is 13.9. The quantitative estimate of drug-likeness (QED) is 0.935. The first-order chi connectivity index (χ1) is 9.17. The second-order valence-corrected chi connectivity index (χ2v) is 4.90. The van der Waals surface area contributed by atoms with E-state index in [0.717, 1.165) is 15.6 Å². The van der Waals surface area contributed by atoms with E-state index in [-0.39, 0.29) is 0 Å². The first-order valence-corrected chi connectivity index (χ1v) is 6.61. The number of aliphatic hydroxyl groups is 1. The highest BCUT2D eigenvalue weighted by Crippen LogP contribution is 2.37. The molecule has 0 bridgehead atoms. The average Bonchev–Trinajstić information content (AvgIpc) is 2.47. The average molecular weight is 323 g/mol. The summed E-state index contributed by atoms with van der Waals surface area (Å²) in [5.41, 5.74) is 1.57. The molecule has 0 heterocycles. The topological polar surface area (TPSA) is 38.7 Å². The molecular weight excluding hydrogens is 308 g/mol. The van der Waals surface area contributed by atoms with Crippen LogP contribution in [0.25, 0.3) is 0 Å². The van der Waals surface area contributed by atoms with Crippen LogP contribution in [0.5, 0.6) is 11.5 Å². The number of hydrogen-bond acceptors (Lipinski definition) is 3. The van der Waals surface area contributed by atoms with Gasteiger partial charge in [-0.25, -0.2) is 0 Å². The standard InChI is InChI=1S/C15H15BrO3/c1-18-13-8-11(12(16)9-14(13)19-2)15(17)10-6-4-3-5-7-10/h3-9,15,17H,1-2H3/t15-/m1/s1. The van der Waals surface area contributed by atoms with Crippen LogP contribution in [0.1, 0.15) is 17.2 Å². The maximum Gasteiger partial charge on any atom is 0.161 e. The molecule has 0 amide bonds. The summed E-state index contributed by atoms with van der Waals surface area (Å²) < 4.78 is 11.3. The Bertz CT molecular complexity index is 555. The minimum Gasteiger partial charge on any atom is -0.493 e. The number of methoxy groups -OCH3 is 2. The van der Waals surface area contributed by atoms with Crippen molar-refractivity contribution in [2.75, 3.05) is 14.2 Å². The van der Waals surface area contributed by atoms with Gasteiger partial charge in [0.2, 0.25) is 0 Å². The highest BCUT2D eigenvalue weighted by Gasteiger charge is 2.17. The molecule has 0 aliphatic carbocycles. The van der Waals surface area contributed by atoms with Crippen molar-refractivity contribution in [2.45, 2.75) is 6.10 Å². The van der Waals surface area contributed by atoms with Crippen molar-refractivity contribution in [1.29, 1.82) is 0 Å². The molecule has 0 aromatic heterocycles. The number of benzene rings is 2. The summed E-state index contributed by atoms with van der Waals surface area (Å²) in [6.45, 7) is 0. The van der Waals surface area contributed by atoms with Gasteiger partial charge in [-0.2, -0.15) is 0 Å². The third kappa shape index (κ3) is 2.91. The zero-order valence-electron chi connectivity index (χ0n) is 10.8. The van der Waals surface area contributed by atoms with Gasteiger partial charge in [0.1, 0.15) is 6.10 Å². The van der Waals surface area contributed by atoms with Crippen molar-refractivity contribution in [3.63, 3.8) is 0 Å². The van der Waals surface area contributed by atoms with Crippen LogP contribution < -0.4 is 9.47 Å². The van der Waals surface area contributed by atoms with E-state index in [1.807, 2.05) is 30.3 Å². The van der Waals surface area contributed by atoms with Gasteiger partial charge in [0, 0.05) is 10.0 Å². The Morgan fingerprint density at radius 1 is 1.00 bits per heavy atom. The van der Waals surface area contributed by atoms with Crippen molar-refractivity contribution in [1.82, 2.24) is 0 Å². The van der Waals surface area contributed by atoms with Crippen molar-refractivity contribution >= 4 is 15.9 Å². The number of aliphatic hydroxyl groups excluding tert-OH is 1. The van der Waals surface area contributed by atoms with Crippen LogP contribution in [0.15, 0.2) is 46.9 Å². The number of ether oxygens (including phenoxy) is 2. The monoisotopic (exact) mass is 322 g/mol. The van der Waals surface area contributed by atoms with Crippen LogP contribution in [0.3, 0.4) is 0 Å². The molecule has 1 atom stereocenters. The molecule has 0 aliphatic heterocycles. The normalized spacial score (nSPS) is 12.0. The van der Waals surface area contributed by atoms with Crippen molar-refractivity contribution < 1.29 is 14.6 Å². The summed E-state index contributed by atoms with van der Waals surface area (Å²) in [6, 6.07) is 13.0. The molecule has 2 aromatic rings. The highest BCUT2D eigenvalue weighted by atomic mass is 79.9. The lowest BCUT2D eigenvalue weighted by Crippen LogP contribution is -2.02. The molecule has 100 valence electrons. The van der Waals surface area contributed by atoms with Crippen LogP contribution in [-0.4, -0.2) is 19.3 Å². The lowest BCUT2D eigenvalue weighted by Gasteiger charge is -2.16. The van der Waals surface area contributed by atoms with Gasteiger partial charge < -0.3 is 14.6 Å². The van der Waals surface area contributed by atoms with Crippen LogP contribution in [-0.2, 0) is 0 Å². The molecule has 0 saturated carbocycles. The maximum atomic E-state index is 10.4. The summed E-state index contributed by atoms with van der Waals surface area (Å²) >= 11 is 3.45. The van der Waals surface area contributed by atoms with Gasteiger partial charge in [0.05, 0.1) is 14.2 Å². The molecule has 0 spiro atoms. The first-order valence-electron chi connectivity index (χ1n) is 5.81. The van der Waals surface area contributed by atoms with Gasteiger partial charge in [-0.3, -0.25) is 0 Å². The summed E-state index contributed by atoms with van der Waals surface area (Å²) in [5, 5.41) is 10.4. The van der Waals surface area contributed by atoms with Crippen LogP contribution in [0.4, 0.5) is 0 Å². The third-order valence-corrected chi connectivity index (χ3v) is 3.60. The molecule has 2 aromatic carbocycles. The fourth-order valence-electron chi connectivity index (χ4n) is 1.89. The van der Waals surface area contributed by atoms with Crippen molar-refractivity contribution in [2.24, 2.45) is 0 Å². The summed E-state index contributed by atoms with van der Waals surface area (Å²) in [5.74, 6) is 1.22. The molecule has 3 nitrogen and oxygen atoms in total. The Balaban J connectivity index is 2.45. The Kier molecular flexibility index (Phi) is 4.45. The minimum absolute atomic E-state index is 0.593. The van der Waals surface area contributed by atoms with E-state index < -0.39 is 6.10 Å². The van der Waals surface area contributed by atoms with Crippen LogP contribution in [0, 0.1) is 0 Å². The lowest BCUT2D eigenvalue weighted by atomic mass is 10.0. The summed E-state index contributed by atoms with van der Waals surface area (Å²) in [6.07, 6.45) is -0.713. The lowest BCUT2D eigenvalue weighted by molar-refractivity contribution is 0.218. The second-order valence-electron chi connectivity index (χ2n) is 4.04.